The second kappa shape index (κ2) is 4.39. The summed E-state index contributed by atoms with van der Waals surface area (Å²) in [5, 5.41) is 1.57. The lowest BCUT2D eigenvalue weighted by Gasteiger charge is -2.05. The molecule has 3 rings (SSSR count). The normalized spacial score (nSPS) is 10.8. The van der Waals surface area contributed by atoms with Crippen molar-refractivity contribution in [1.29, 1.82) is 0 Å². The first kappa shape index (κ1) is 11.2. The van der Waals surface area contributed by atoms with Crippen LogP contribution in [0.3, 0.4) is 0 Å². The molecule has 0 radical (unpaired) electrons. The summed E-state index contributed by atoms with van der Waals surface area (Å²) in [6.07, 6.45) is 1.68. The third-order valence-corrected chi connectivity index (χ3v) is 3.20. The van der Waals surface area contributed by atoms with E-state index in [1.807, 2.05) is 18.2 Å². The zero-order chi connectivity index (χ0) is 12.5. The van der Waals surface area contributed by atoms with Gasteiger partial charge < -0.3 is 0 Å². The molecule has 3 heteroatoms. The standard InChI is InChI=1S/C15H9ClFN/c16-14-7-8-18-15-6-3-11(9-13(14)15)10-1-4-12(17)5-2-10/h1-9H. The minimum Gasteiger partial charge on any atom is -0.256 e. The zero-order valence-corrected chi connectivity index (χ0v) is 10.2. The lowest BCUT2D eigenvalue weighted by molar-refractivity contribution is 0.628. The molecule has 0 aliphatic heterocycles. The highest BCUT2D eigenvalue weighted by molar-refractivity contribution is 6.35. The number of aromatic nitrogens is 1. The van der Waals surface area contributed by atoms with E-state index in [2.05, 4.69) is 4.98 Å². The van der Waals surface area contributed by atoms with Gasteiger partial charge in [0.1, 0.15) is 5.82 Å². The Balaban J connectivity index is 2.18. The summed E-state index contributed by atoms with van der Waals surface area (Å²) in [6, 6.07) is 14.0. The van der Waals surface area contributed by atoms with Gasteiger partial charge in [-0.2, -0.15) is 0 Å². The first-order valence-electron chi connectivity index (χ1n) is 5.54. The number of pyridine rings is 1. The van der Waals surface area contributed by atoms with Crippen molar-refractivity contribution in [2.24, 2.45) is 0 Å². The second-order valence-electron chi connectivity index (χ2n) is 4.03. The molecule has 0 spiro atoms. The van der Waals surface area contributed by atoms with Gasteiger partial charge in [-0.05, 0) is 41.5 Å². The van der Waals surface area contributed by atoms with E-state index < -0.39 is 0 Å². The van der Waals surface area contributed by atoms with Crippen molar-refractivity contribution in [3.63, 3.8) is 0 Å². The predicted molar refractivity (Wildman–Crippen MR) is 72.1 cm³/mol. The van der Waals surface area contributed by atoms with Gasteiger partial charge in [-0.3, -0.25) is 4.98 Å². The van der Waals surface area contributed by atoms with Crippen LogP contribution < -0.4 is 0 Å². The van der Waals surface area contributed by atoms with E-state index in [-0.39, 0.29) is 5.82 Å². The Labute approximate surface area is 109 Å². The molecular weight excluding hydrogens is 249 g/mol. The summed E-state index contributed by atoms with van der Waals surface area (Å²) in [7, 11) is 0. The highest BCUT2D eigenvalue weighted by atomic mass is 35.5. The molecule has 0 N–H and O–H groups in total. The van der Waals surface area contributed by atoms with E-state index in [1.165, 1.54) is 12.1 Å². The van der Waals surface area contributed by atoms with Gasteiger partial charge in [0.15, 0.2) is 0 Å². The van der Waals surface area contributed by atoms with E-state index in [1.54, 1.807) is 24.4 Å². The van der Waals surface area contributed by atoms with E-state index in [4.69, 9.17) is 11.6 Å². The molecule has 0 aliphatic carbocycles. The SMILES string of the molecule is Fc1ccc(-c2ccc3nccc(Cl)c3c2)cc1. The quantitative estimate of drug-likeness (QED) is 0.616. The lowest BCUT2D eigenvalue weighted by atomic mass is 10.0. The highest BCUT2D eigenvalue weighted by Crippen LogP contribution is 2.27. The van der Waals surface area contributed by atoms with Crippen molar-refractivity contribution in [3.8, 4) is 11.1 Å². The van der Waals surface area contributed by atoms with E-state index >= 15 is 0 Å². The maximum atomic E-state index is 12.9. The van der Waals surface area contributed by atoms with Gasteiger partial charge in [-0.1, -0.05) is 29.8 Å². The van der Waals surface area contributed by atoms with Crippen molar-refractivity contribution < 1.29 is 4.39 Å². The van der Waals surface area contributed by atoms with Crippen LogP contribution in [-0.4, -0.2) is 4.98 Å². The third-order valence-electron chi connectivity index (χ3n) is 2.87. The smallest absolute Gasteiger partial charge is 0.123 e. The second-order valence-corrected chi connectivity index (χ2v) is 4.44. The Morgan fingerprint density at radius 1 is 0.889 bits per heavy atom. The summed E-state index contributed by atoms with van der Waals surface area (Å²) >= 11 is 6.14. The van der Waals surface area contributed by atoms with Gasteiger partial charge in [-0.15, -0.1) is 0 Å². The molecule has 88 valence electrons. The summed E-state index contributed by atoms with van der Waals surface area (Å²) in [5.41, 5.74) is 2.81. The molecule has 18 heavy (non-hydrogen) atoms. The Morgan fingerprint density at radius 2 is 1.61 bits per heavy atom. The summed E-state index contributed by atoms with van der Waals surface area (Å²) in [5.74, 6) is -0.237. The molecule has 0 saturated heterocycles. The number of benzene rings is 2. The molecule has 3 aromatic rings. The maximum Gasteiger partial charge on any atom is 0.123 e. The molecule has 2 aromatic carbocycles. The van der Waals surface area contributed by atoms with E-state index in [0.29, 0.717) is 5.02 Å². The minimum atomic E-state index is -0.237. The van der Waals surface area contributed by atoms with Gasteiger partial charge in [-0.25, -0.2) is 4.39 Å². The van der Waals surface area contributed by atoms with Gasteiger partial charge in [0.25, 0.3) is 0 Å². The fourth-order valence-corrected chi connectivity index (χ4v) is 2.14. The molecule has 0 unspecified atom stereocenters. The van der Waals surface area contributed by atoms with Gasteiger partial charge >= 0.3 is 0 Å². The van der Waals surface area contributed by atoms with Gasteiger partial charge in [0.2, 0.25) is 0 Å². The van der Waals surface area contributed by atoms with Crippen LogP contribution in [0.4, 0.5) is 4.39 Å². The fourth-order valence-electron chi connectivity index (χ4n) is 1.93. The molecule has 1 heterocycles. The Hall–Kier alpha value is -1.93. The van der Waals surface area contributed by atoms with E-state index in [9.17, 15) is 4.39 Å². The van der Waals surface area contributed by atoms with Crippen molar-refractivity contribution >= 4 is 22.5 Å². The molecule has 0 bridgehead atoms. The van der Waals surface area contributed by atoms with Crippen LogP contribution in [0.15, 0.2) is 54.7 Å². The number of hydrogen-bond donors (Lipinski definition) is 0. The van der Waals surface area contributed by atoms with Crippen LogP contribution in [0.1, 0.15) is 0 Å². The topological polar surface area (TPSA) is 12.9 Å². The number of nitrogens with zero attached hydrogens (tertiary/aromatic N) is 1. The fraction of sp³-hybridized carbons (Fsp3) is 0. The molecule has 0 aliphatic rings. The van der Waals surface area contributed by atoms with Crippen LogP contribution in [-0.2, 0) is 0 Å². The number of halogens is 2. The molecule has 1 nitrogen and oxygen atoms in total. The first-order chi connectivity index (χ1) is 8.74. The van der Waals surface area contributed by atoms with Crippen molar-refractivity contribution in [1.82, 2.24) is 4.98 Å². The molecule has 0 amide bonds. The van der Waals surface area contributed by atoms with Crippen molar-refractivity contribution in [3.05, 3.63) is 65.6 Å². The molecule has 0 fully saturated rings. The molecule has 1 aromatic heterocycles. The Morgan fingerprint density at radius 3 is 2.39 bits per heavy atom. The van der Waals surface area contributed by atoms with Gasteiger partial charge in [0, 0.05) is 11.6 Å². The van der Waals surface area contributed by atoms with Crippen LogP contribution in [0.5, 0.6) is 0 Å². The number of rotatable bonds is 1. The predicted octanol–water partition coefficient (Wildman–Crippen LogP) is 4.69. The van der Waals surface area contributed by atoms with Crippen LogP contribution in [0, 0.1) is 5.82 Å². The monoisotopic (exact) mass is 257 g/mol. The lowest BCUT2D eigenvalue weighted by Crippen LogP contribution is -1.83. The average molecular weight is 258 g/mol. The zero-order valence-electron chi connectivity index (χ0n) is 9.40. The molecular formula is C15H9ClFN. The third kappa shape index (κ3) is 1.95. The van der Waals surface area contributed by atoms with Crippen LogP contribution in [0.25, 0.3) is 22.0 Å². The van der Waals surface area contributed by atoms with Crippen LogP contribution in [0.2, 0.25) is 5.02 Å². The summed E-state index contributed by atoms with van der Waals surface area (Å²) in [4.78, 5) is 4.25. The van der Waals surface area contributed by atoms with Gasteiger partial charge in [0.05, 0.1) is 10.5 Å². The van der Waals surface area contributed by atoms with Crippen LogP contribution >= 0.6 is 11.6 Å². The number of fused-ring (bicyclic) bond motifs is 1. The minimum absolute atomic E-state index is 0.237. The highest BCUT2D eigenvalue weighted by Gasteiger charge is 2.03. The van der Waals surface area contributed by atoms with E-state index in [0.717, 1.165) is 22.0 Å². The molecule has 0 atom stereocenters. The first-order valence-corrected chi connectivity index (χ1v) is 5.92. The Bertz CT molecular complexity index is 707. The van der Waals surface area contributed by atoms with Crippen molar-refractivity contribution in [2.45, 2.75) is 0 Å². The Kier molecular flexibility index (Phi) is 2.73. The average Bonchev–Trinajstić information content (AvgIpc) is 2.40. The summed E-state index contributed by atoms with van der Waals surface area (Å²) < 4.78 is 12.9. The largest absolute Gasteiger partial charge is 0.256 e. The number of hydrogen-bond acceptors (Lipinski definition) is 1. The van der Waals surface area contributed by atoms with Crippen molar-refractivity contribution in [2.75, 3.05) is 0 Å². The molecule has 0 saturated carbocycles. The maximum absolute atomic E-state index is 12.9. The summed E-state index contributed by atoms with van der Waals surface area (Å²) in [6.45, 7) is 0.